The van der Waals surface area contributed by atoms with Crippen molar-refractivity contribution in [1.82, 2.24) is 5.32 Å². The summed E-state index contributed by atoms with van der Waals surface area (Å²) in [5, 5.41) is 18.6. The normalized spacial score (nSPS) is 12.4. The van der Waals surface area contributed by atoms with E-state index in [1.807, 2.05) is 36.4 Å². The average molecular weight is 439 g/mol. The molecular formula is C19H14Cl3N3O3. The van der Waals surface area contributed by atoms with Gasteiger partial charge in [0.1, 0.15) is 11.7 Å². The Hall–Kier alpha value is -2.54. The number of anilines is 1. The quantitative estimate of drug-likeness (QED) is 0.245. The summed E-state index contributed by atoms with van der Waals surface area (Å²) < 4.78 is -1.91. The molecule has 2 N–H and O–H groups in total. The number of rotatable bonds is 5. The number of hydrogen-bond acceptors (Lipinski definition) is 4. The van der Waals surface area contributed by atoms with Gasteiger partial charge < -0.3 is 10.6 Å². The molecule has 0 aliphatic carbocycles. The third-order valence-electron chi connectivity index (χ3n) is 4.01. The molecule has 3 rings (SSSR count). The number of carbonyl (C=O) groups is 1. The van der Waals surface area contributed by atoms with E-state index in [0.717, 1.165) is 10.8 Å². The Balaban J connectivity index is 1.86. The Bertz CT molecular complexity index is 1040. The molecule has 28 heavy (non-hydrogen) atoms. The molecule has 0 aliphatic rings. The zero-order valence-electron chi connectivity index (χ0n) is 14.2. The van der Waals surface area contributed by atoms with Gasteiger partial charge in [0.15, 0.2) is 0 Å². The molecule has 1 amide bonds. The van der Waals surface area contributed by atoms with E-state index in [-0.39, 0.29) is 11.3 Å². The molecule has 0 unspecified atom stereocenters. The number of nitrogens with zero attached hydrogens (tertiary/aromatic N) is 1. The molecule has 0 radical (unpaired) electrons. The van der Waals surface area contributed by atoms with Crippen LogP contribution in [0.5, 0.6) is 0 Å². The molecule has 6 nitrogen and oxygen atoms in total. The van der Waals surface area contributed by atoms with Crippen molar-refractivity contribution in [2.75, 3.05) is 5.32 Å². The first-order chi connectivity index (χ1) is 13.3. The van der Waals surface area contributed by atoms with Gasteiger partial charge in [0, 0.05) is 11.8 Å². The molecule has 144 valence electrons. The maximum absolute atomic E-state index is 12.6. The number of benzene rings is 3. The Morgan fingerprint density at radius 3 is 2.29 bits per heavy atom. The molecule has 0 saturated heterocycles. The highest BCUT2D eigenvalue weighted by Crippen LogP contribution is 2.32. The van der Waals surface area contributed by atoms with Crippen LogP contribution in [-0.2, 0) is 0 Å². The summed E-state index contributed by atoms with van der Waals surface area (Å²) in [6.07, 6.45) is -1.13. The average Bonchev–Trinajstić information content (AvgIpc) is 2.66. The lowest BCUT2D eigenvalue weighted by Crippen LogP contribution is -2.49. The number of nitro groups is 1. The topological polar surface area (TPSA) is 84.3 Å². The summed E-state index contributed by atoms with van der Waals surface area (Å²) in [5.41, 5.74) is 0.138. The fraction of sp³-hybridized carbons (Fsp3) is 0.105. The van der Waals surface area contributed by atoms with E-state index in [1.54, 1.807) is 6.07 Å². The summed E-state index contributed by atoms with van der Waals surface area (Å²) >= 11 is 18.1. The van der Waals surface area contributed by atoms with Crippen LogP contribution in [0.2, 0.25) is 0 Å². The molecule has 0 heterocycles. The van der Waals surface area contributed by atoms with Crippen LogP contribution in [0.1, 0.15) is 10.4 Å². The first-order valence-electron chi connectivity index (χ1n) is 8.12. The number of halogens is 3. The molecular weight excluding hydrogens is 425 g/mol. The fourth-order valence-electron chi connectivity index (χ4n) is 2.68. The second-order valence-electron chi connectivity index (χ2n) is 5.93. The maximum Gasteiger partial charge on any atom is 0.282 e. The molecule has 0 fully saturated rings. The molecule has 0 saturated carbocycles. The molecule has 3 aromatic rings. The van der Waals surface area contributed by atoms with Crippen LogP contribution in [0.4, 0.5) is 11.4 Å². The number of amides is 1. The van der Waals surface area contributed by atoms with Crippen LogP contribution in [0, 0.1) is 10.1 Å². The van der Waals surface area contributed by atoms with Crippen molar-refractivity contribution >= 4 is 62.9 Å². The van der Waals surface area contributed by atoms with Gasteiger partial charge in [-0.15, -0.1) is 0 Å². The van der Waals surface area contributed by atoms with E-state index >= 15 is 0 Å². The number of nitro benzene ring substituents is 1. The van der Waals surface area contributed by atoms with Crippen LogP contribution >= 0.6 is 34.8 Å². The van der Waals surface area contributed by atoms with Crippen LogP contribution in [0.25, 0.3) is 10.8 Å². The van der Waals surface area contributed by atoms with Crippen molar-refractivity contribution in [1.29, 1.82) is 0 Å². The Morgan fingerprint density at radius 1 is 0.964 bits per heavy atom. The summed E-state index contributed by atoms with van der Waals surface area (Å²) in [5.74, 6) is -0.739. The number of carbonyl (C=O) groups excluding carboxylic acids is 1. The number of alkyl halides is 3. The van der Waals surface area contributed by atoms with Crippen molar-refractivity contribution in [2.45, 2.75) is 9.96 Å². The van der Waals surface area contributed by atoms with Crippen LogP contribution < -0.4 is 10.6 Å². The minimum atomic E-state index is -1.91. The van der Waals surface area contributed by atoms with E-state index in [1.165, 1.54) is 24.3 Å². The van der Waals surface area contributed by atoms with E-state index < -0.39 is 20.8 Å². The van der Waals surface area contributed by atoms with Crippen LogP contribution in [0.15, 0.2) is 66.7 Å². The van der Waals surface area contributed by atoms with Crippen molar-refractivity contribution in [2.24, 2.45) is 0 Å². The fourth-order valence-corrected chi connectivity index (χ4v) is 3.01. The Labute approximate surface area is 175 Å². The number of hydrogen-bond donors (Lipinski definition) is 2. The minimum absolute atomic E-state index is 0.132. The molecule has 9 heteroatoms. The molecule has 0 aromatic heterocycles. The lowest BCUT2D eigenvalue weighted by atomic mass is 10.1. The van der Waals surface area contributed by atoms with Gasteiger partial charge >= 0.3 is 0 Å². The van der Waals surface area contributed by atoms with Crippen molar-refractivity contribution < 1.29 is 9.72 Å². The molecule has 3 aromatic carbocycles. The SMILES string of the molecule is O=C(N[C@H](Nc1ccc2ccccc2c1)C(Cl)(Cl)Cl)c1ccccc1[N+](=O)[O-]. The van der Waals surface area contributed by atoms with Gasteiger partial charge in [-0.2, -0.15) is 0 Å². The first-order valence-corrected chi connectivity index (χ1v) is 9.25. The Kier molecular flexibility index (Phi) is 5.93. The van der Waals surface area contributed by atoms with Crippen molar-refractivity contribution in [3.05, 3.63) is 82.4 Å². The van der Waals surface area contributed by atoms with Gasteiger partial charge in [0.05, 0.1) is 4.92 Å². The van der Waals surface area contributed by atoms with Crippen molar-refractivity contribution in [3.8, 4) is 0 Å². The van der Waals surface area contributed by atoms with Crippen LogP contribution in [0.3, 0.4) is 0 Å². The number of para-hydroxylation sites is 1. The summed E-state index contributed by atoms with van der Waals surface area (Å²) in [4.78, 5) is 23.1. The van der Waals surface area contributed by atoms with E-state index in [2.05, 4.69) is 10.6 Å². The van der Waals surface area contributed by atoms with E-state index in [0.29, 0.717) is 5.69 Å². The predicted octanol–water partition coefficient (Wildman–Crippen LogP) is 5.29. The highest BCUT2D eigenvalue weighted by molar-refractivity contribution is 6.68. The lowest BCUT2D eigenvalue weighted by Gasteiger charge is -2.27. The van der Waals surface area contributed by atoms with Gasteiger partial charge in [-0.3, -0.25) is 14.9 Å². The van der Waals surface area contributed by atoms with E-state index in [9.17, 15) is 14.9 Å². The van der Waals surface area contributed by atoms with Gasteiger partial charge in [-0.05, 0) is 29.0 Å². The second-order valence-corrected chi connectivity index (χ2v) is 8.30. The van der Waals surface area contributed by atoms with Gasteiger partial charge in [-0.1, -0.05) is 77.3 Å². The monoisotopic (exact) mass is 437 g/mol. The van der Waals surface area contributed by atoms with Crippen LogP contribution in [-0.4, -0.2) is 20.8 Å². The number of nitrogens with one attached hydrogen (secondary N) is 2. The molecule has 0 aliphatic heterocycles. The Morgan fingerprint density at radius 2 is 1.61 bits per heavy atom. The zero-order valence-corrected chi connectivity index (χ0v) is 16.5. The summed E-state index contributed by atoms with van der Waals surface area (Å²) in [6.45, 7) is 0. The molecule has 0 bridgehead atoms. The third-order valence-corrected chi connectivity index (χ3v) is 4.66. The largest absolute Gasteiger partial charge is 0.362 e. The zero-order chi connectivity index (χ0) is 20.3. The second kappa shape index (κ2) is 8.22. The predicted molar refractivity (Wildman–Crippen MR) is 112 cm³/mol. The standard InChI is InChI=1S/C19H14Cl3N3O3/c20-19(21,22)18(23-14-10-9-12-5-1-2-6-13(12)11-14)24-17(26)15-7-3-4-8-16(15)25(27)28/h1-11,18,23H,(H,24,26)/t18-/m0/s1. The molecule has 1 atom stereocenters. The smallest absolute Gasteiger partial charge is 0.282 e. The summed E-state index contributed by atoms with van der Waals surface area (Å²) in [6, 6.07) is 18.8. The third kappa shape index (κ3) is 4.65. The first kappa shape index (κ1) is 20.2. The highest BCUT2D eigenvalue weighted by atomic mass is 35.6. The molecule has 0 spiro atoms. The van der Waals surface area contributed by atoms with Gasteiger partial charge in [-0.25, -0.2) is 0 Å². The van der Waals surface area contributed by atoms with E-state index in [4.69, 9.17) is 34.8 Å². The van der Waals surface area contributed by atoms with Crippen molar-refractivity contribution in [3.63, 3.8) is 0 Å². The number of fused-ring (bicyclic) bond motifs is 1. The lowest BCUT2D eigenvalue weighted by molar-refractivity contribution is -0.385. The maximum atomic E-state index is 12.6. The minimum Gasteiger partial charge on any atom is -0.362 e. The van der Waals surface area contributed by atoms with Gasteiger partial charge in [0.25, 0.3) is 11.6 Å². The van der Waals surface area contributed by atoms with Gasteiger partial charge in [0.2, 0.25) is 3.79 Å². The summed E-state index contributed by atoms with van der Waals surface area (Å²) in [7, 11) is 0. The highest BCUT2D eigenvalue weighted by Gasteiger charge is 2.35.